The number of nitrogens with one attached hydrogen (secondary N) is 1. The molecule has 9 nitrogen and oxygen atoms in total. The number of aromatic nitrogens is 2. The molecule has 5 atom stereocenters. The second-order valence-electron chi connectivity index (χ2n) is 5.55. The van der Waals surface area contributed by atoms with E-state index < -0.39 is 31.0 Å². The van der Waals surface area contributed by atoms with Crippen LogP contribution in [0.25, 0.3) is 11.1 Å². The summed E-state index contributed by atoms with van der Waals surface area (Å²) in [5, 5.41) is 41.3. The number of ether oxygens (including phenoxy) is 1. The van der Waals surface area contributed by atoms with Gasteiger partial charge in [0.05, 0.1) is 19.5 Å². The number of hydrogen-bond donors (Lipinski definition) is 5. The van der Waals surface area contributed by atoms with Crippen molar-refractivity contribution >= 4 is 16.9 Å². The van der Waals surface area contributed by atoms with Gasteiger partial charge in [-0.1, -0.05) is 0 Å². The first kappa shape index (κ1) is 16.1. The molecule has 9 heteroatoms. The van der Waals surface area contributed by atoms with Gasteiger partial charge in [-0.05, 0) is 6.92 Å². The summed E-state index contributed by atoms with van der Waals surface area (Å²) >= 11 is 0. The summed E-state index contributed by atoms with van der Waals surface area (Å²) in [6, 6.07) is 1.37. The highest BCUT2D eigenvalue weighted by Crippen LogP contribution is 2.34. The van der Waals surface area contributed by atoms with Crippen molar-refractivity contribution in [1.82, 2.24) is 9.97 Å². The topological polar surface area (TPSA) is 141 Å². The van der Waals surface area contributed by atoms with E-state index in [0.717, 1.165) is 0 Å². The van der Waals surface area contributed by atoms with Crippen molar-refractivity contribution < 1.29 is 29.6 Å². The third-order valence-electron chi connectivity index (χ3n) is 3.77. The zero-order chi connectivity index (χ0) is 16.6. The Morgan fingerprint density at radius 2 is 2.04 bits per heavy atom. The van der Waals surface area contributed by atoms with Gasteiger partial charge in [0.15, 0.2) is 17.2 Å². The normalized spacial score (nSPS) is 29.1. The van der Waals surface area contributed by atoms with E-state index in [4.69, 9.17) is 9.15 Å². The molecule has 0 saturated carbocycles. The van der Waals surface area contributed by atoms with Gasteiger partial charge < -0.3 is 34.9 Å². The van der Waals surface area contributed by atoms with E-state index in [1.807, 2.05) is 0 Å². The third-order valence-corrected chi connectivity index (χ3v) is 3.77. The van der Waals surface area contributed by atoms with Crippen molar-refractivity contribution in [2.45, 2.75) is 37.4 Å². The summed E-state index contributed by atoms with van der Waals surface area (Å²) in [7, 11) is 0. The summed E-state index contributed by atoms with van der Waals surface area (Å²) in [6.45, 7) is 1.24. The molecular formula is C14H19N3O6. The minimum atomic E-state index is -1.25. The molecule has 23 heavy (non-hydrogen) atoms. The number of aliphatic hydroxyl groups excluding tert-OH is 4. The fourth-order valence-electron chi connectivity index (χ4n) is 2.50. The molecule has 2 aromatic rings. The molecule has 0 spiro atoms. The van der Waals surface area contributed by atoms with E-state index in [2.05, 4.69) is 15.3 Å². The first-order valence-electron chi connectivity index (χ1n) is 7.30. The average Bonchev–Trinajstić information content (AvgIpc) is 3.13. The largest absolute Gasteiger partial charge is 0.459 e. The van der Waals surface area contributed by atoms with Crippen molar-refractivity contribution in [2.75, 3.05) is 18.5 Å². The molecule has 2 unspecified atom stereocenters. The van der Waals surface area contributed by atoms with Gasteiger partial charge in [0.25, 0.3) is 0 Å². The van der Waals surface area contributed by atoms with Crippen molar-refractivity contribution in [3.05, 3.63) is 18.2 Å². The van der Waals surface area contributed by atoms with Gasteiger partial charge in [-0.3, -0.25) is 0 Å². The van der Waals surface area contributed by atoms with E-state index in [1.54, 1.807) is 13.0 Å². The van der Waals surface area contributed by atoms with Gasteiger partial charge in [-0.15, -0.1) is 0 Å². The molecule has 0 radical (unpaired) electrons. The highest BCUT2D eigenvalue weighted by molar-refractivity contribution is 5.83. The molecule has 3 rings (SSSR count). The van der Waals surface area contributed by atoms with Gasteiger partial charge in [-0.25, -0.2) is 9.97 Å². The molecule has 126 valence electrons. The molecule has 1 fully saturated rings. The molecule has 0 aliphatic carbocycles. The molecule has 0 bridgehead atoms. The molecule has 1 aliphatic rings. The van der Waals surface area contributed by atoms with Gasteiger partial charge in [-0.2, -0.15) is 0 Å². The maximum atomic E-state index is 10.1. The number of furan rings is 1. The van der Waals surface area contributed by atoms with E-state index in [9.17, 15) is 20.4 Å². The second kappa shape index (κ2) is 6.38. The lowest BCUT2D eigenvalue weighted by atomic mass is 10.1. The number of rotatable bonds is 5. The Bertz CT molecular complexity index is 678. The molecule has 0 aromatic carbocycles. The Labute approximate surface area is 131 Å². The fraction of sp³-hybridized carbons (Fsp3) is 0.571. The van der Waals surface area contributed by atoms with Crippen LogP contribution in [0.3, 0.4) is 0 Å². The molecule has 3 heterocycles. The van der Waals surface area contributed by atoms with Crippen LogP contribution in [0.5, 0.6) is 0 Å². The predicted molar refractivity (Wildman–Crippen MR) is 78.7 cm³/mol. The Balaban J connectivity index is 1.98. The van der Waals surface area contributed by atoms with E-state index in [-0.39, 0.29) is 18.5 Å². The number of aliphatic hydroxyl groups is 4. The van der Waals surface area contributed by atoms with Crippen LogP contribution < -0.4 is 5.32 Å². The van der Waals surface area contributed by atoms with Gasteiger partial charge in [0.2, 0.25) is 0 Å². The highest BCUT2D eigenvalue weighted by atomic mass is 16.6. The second-order valence-corrected chi connectivity index (χ2v) is 5.55. The van der Waals surface area contributed by atoms with Crippen LogP contribution in [0, 0.1) is 0 Å². The lowest BCUT2D eigenvalue weighted by molar-refractivity contribution is -0.0251. The Morgan fingerprint density at radius 1 is 1.26 bits per heavy atom. The zero-order valence-electron chi connectivity index (χ0n) is 12.5. The van der Waals surface area contributed by atoms with E-state index >= 15 is 0 Å². The van der Waals surface area contributed by atoms with Crippen LogP contribution in [-0.2, 0) is 4.74 Å². The Kier molecular flexibility index (Phi) is 4.46. The van der Waals surface area contributed by atoms with Crippen LogP contribution in [0.2, 0.25) is 0 Å². The zero-order valence-corrected chi connectivity index (χ0v) is 12.5. The number of fused-ring (bicyclic) bond motifs is 1. The minimum Gasteiger partial charge on any atom is -0.459 e. The fourth-order valence-corrected chi connectivity index (χ4v) is 2.50. The number of hydrogen-bond acceptors (Lipinski definition) is 9. The standard InChI is InChI=1S/C14H19N3O6/c1-6(4-18)15-13-11-7(2-3-22-11)16-14(17-13)12-10(21)9(20)8(5-19)23-12/h2-3,6,8-10,12,18-21H,4-5H2,1H3,(H,15,16,17)/t6?,8-,9-,10-,12?/m1/s1. The maximum absolute atomic E-state index is 10.1. The SMILES string of the molecule is CC(CO)Nc1nc(C2O[C@H](CO)[C@@H](O)[C@H]2O)nc2ccoc12. The van der Waals surface area contributed by atoms with Crippen molar-refractivity contribution in [3.63, 3.8) is 0 Å². The number of nitrogens with zero attached hydrogens (tertiary/aromatic N) is 2. The maximum Gasteiger partial charge on any atom is 0.194 e. The number of anilines is 1. The quantitative estimate of drug-likeness (QED) is 0.476. The molecule has 2 aromatic heterocycles. The smallest absolute Gasteiger partial charge is 0.194 e. The van der Waals surface area contributed by atoms with Crippen LogP contribution in [-0.4, -0.2) is 68.0 Å². The van der Waals surface area contributed by atoms with Crippen molar-refractivity contribution in [3.8, 4) is 0 Å². The molecule has 5 N–H and O–H groups in total. The summed E-state index contributed by atoms with van der Waals surface area (Å²) in [4.78, 5) is 8.57. The lowest BCUT2D eigenvalue weighted by Gasteiger charge is -2.16. The summed E-state index contributed by atoms with van der Waals surface area (Å²) in [5.74, 6) is 0.517. The van der Waals surface area contributed by atoms with Gasteiger partial charge in [0, 0.05) is 12.1 Å². The summed E-state index contributed by atoms with van der Waals surface area (Å²) in [6.07, 6.45) is -2.88. The van der Waals surface area contributed by atoms with Gasteiger partial charge in [0.1, 0.15) is 29.9 Å². The van der Waals surface area contributed by atoms with Crippen LogP contribution in [0.1, 0.15) is 18.9 Å². The van der Waals surface area contributed by atoms with Crippen molar-refractivity contribution in [2.24, 2.45) is 0 Å². The third kappa shape index (κ3) is 2.89. The summed E-state index contributed by atoms with van der Waals surface area (Å²) in [5.41, 5.74) is 0.918. The minimum absolute atomic E-state index is 0.102. The summed E-state index contributed by atoms with van der Waals surface area (Å²) < 4.78 is 10.8. The molecule has 1 saturated heterocycles. The van der Waals surface area contributed by atoms with Crippen LogP contribution in [0.15, 0.2) is 16.7 Å². The first-order valence-corrected chi connectivity index (χ1v) is 7.30. The monoisotopic (exact) mass is 325 g/mol. The molecule has 0 amide bonds. The van der Waals surface area contributed by atoms with E-state index in [1.165, 1.54) is 6.26 Å². The van der Waals surface area contributed by atoms with E-state index in [0.29, 0.717) is 16.9 Å². The molecular weight excluding hydrogens is 306 g/mol. The van der Waals surface area contributed by atoms with Gasteiger partial charge >= 0.3 is 0 Å². The average molecular weight is 325 g/mol. The van der Waals surface area contributed by atoms with Crippen LogP contribution >= 0.6 is 0 Å². The van der Waals surface area contributed by atoms with Crippen molar-refractivity contribution in [1.29, 1.82) is 0 Å². The predicted octanol–water partition coefficient (Wildman–Crippen LogP) is -0.831. The Morgan fingerprint density at radius 3 is 2.70 bits per heavy atom. The van der Waals surface area contributed by atoms with Crippen LogP contribution in [0.4, 0.5) is 5.82 Å². The molecule has 1 aliphatic heterocycles. The highest BCUT2D eigenvalue weighted by Gasteiger charge is 2.44. The lowest BCUT2D eigenvalue weighted by Crippen LogP contribution is -2.32. The Hall–Kier alpha value is -1.78. The first-order chi connectivity index (χ1) is 11.0.